The molecule has 0 aliphatic carbocycles. The lowest BCUT2D eigenvalue weighted by Crippen LogP contribution is -2.23. The van der Waals surface area contributed by atoms with Crippen LogP contribution in [0.2, 0.25) is 0 Å². The van der Waals surface area contributed by atoms with Gasteiger partial charge in [0.2, 0.25) is 0 Å². The molecular formula is C13H18N4O. The molecule has 5 heteroatoms. The van der Waals surface area contributed by atoms with Crippen molar-refractivity contribution in [1.82, 2.24) is 9.97 Å². The molecule has 0 unspecified atom stereocenters. The molecule has 0 fully saturated rings. The van der Waals surface area contributed by atoms with Crippen LogP contribution in [0.4, 0.5) is 11.5 Å². The van der Waals surface area contributed by atoms with Crippen LogP contribution in [0.15, 0.2) is 24.5 Å². The van der Waals surface area contributed by atoms with Crippen molar-refractivity contribution in [3.8, 4) is 0 Å². The minimum atomic E-state index is 0.681. The van der Waals surface area contributed by atoms with E-state index in [4.69, 9.17) is 10.5 Å². The number of benzene rings is 1. The molecule has 0 radical (unpaired) electrons. The Hall–Kier alpha value is -1.88. The number of hydrogen-bond acceptors (Lipinski definition) is 5. The summed E-state index contributed by atoms with van der Waals surface area (Å²) in [5.41, 5.74) is 7.44. The van der Waals surface area contributed by atoms with E-state index >= 15 is 0 Å². The van der Waals surface area contributed by atoms with Crippen molar-refractivity contribution in [3.05, 3.63) is 24.5 Å². The van der Waals surface area contributed by atoms with Gasteiger partial charge in [0.1, 0.15) is 12.1 Å². The van der Waals surface area contributed by atoms with E-state index in [0.29, 0.717) is 6.61 Å². The average molecular weight is 246 g/mol. The van der Waals surface area contributed by atoms with E-state index < -0.39 is 0 Å². The van der Waals surface area contributed by atoms with E-state index in [1.165, 1.54) is 0 Å². The minimum absolute atomic E-state index is 0.681. The summed E-state index contributed by atoms with van der Waals surface area (Å²) in [6.07, 6.45) is 1.57. The minimum Gasteiger partial charge on any atom is -0.399 e. The summed E-state index contributed by atoms with van der Waals surface area (Å²) in [5, 5.41) is 0.969. The highest BCUT2D eigenvalue weighted by Gasteiger charge is 2.08. The maximum Gasteiger partial charge on any atom is 0.139 e. The topological polar surface area (TPSA) is 64.3 Å². The molecular weight excluding hydrogens is 228 g/mol. The molecule has 0 saturated heterocycles. The van der Waals surface area contributed by atoms with Crippen molar-refractivity contribution in [1.29, 1.82) is 0 Å². The summed E-state index contributed by atoms with van der Waals surface area (Å²) in [7, 11) is 1.99. The Morgan fingerprint density at radius 1 is 1.33 bits per heavy atom. The molecule has 1 heterocycles. The fourth-order valence-corrected chi connectivity index (χ4v) is 1.82. The van der Waals surface area contributed by atoms with Crippen molar-refractivity contribution in [2.24, 2.45) is 0 Å². The molecule has 96 valence electrons. The highest BCUT2D eigenvalue weighted by atomic mass is 16.5. The Kier molecular flexibility index (Phi) is 3.94. The number of fused-ring (bicyclic) bond motifs is 1. The van der Waals surface area contributed by atoms with Gasteiger partial charge in [0.15, 0.2) is 0 Å². The van der Waals surface area contributed by atoms with Crippen molar-refractivity contribution in [3.63, 3.8) is 0 Å². The number of nitrogens with two attached hydrogens (primary N) is 1. The zero-order valence-electron chi connectivity index (χ0n) is 10.8. The normalized spacial score (nSPS) is 10.8. The molecule has 0 bridgehead atoms. The van der Waals surface area contributed by atoms with Crippen LogP contribution in [0.5, 0.6) is 0 Å². The second-order valence-corrected chi connectivity index (χ2v) is 4.09. The zero-order chi connectivity index (χ0) is 13.0. The predicted molar refractivity (Wildman–Crippen MR) is 73.7 cm³/mol. The van der Waals surface area contributed by atoms with Crippen LogP contribution in [-0.4, -0.2) is 36.8 Å². The third kappa shape index (κ3) is 2.68. The maximum atomic E-state index is 5.82. The first-order chi connectivity index (χ1) is 8.72. The second-order valence-electron chi connectivity index (χ2n) is 4.09. The molecule has 0 amide bonds. The lowest BCUT2D eigenvalue weighted by atomic mass is 10.2. The quantitative estimate of drug-likeness (QED) is 0.642. The summed E-state index contributed by atoms with van der Waals surface area (Å²) in [6.45, 7) is 4.18. The summed E-state index contributed by atoms with van der Waals surface area (Å²) < 4.78 is 5.35. The Labute approximate surface area is 107 Å². The number of nitrogens with zero attached hydrogens (tertiary/aromatic N) is 3. The third-order valence-electron chi connectivity index (χ3n) is 2.78. The van der Waals surface area contributed by atoms with E-state index in [-0.39, 0.29) is 0 Å². The molecule has 0 saturated carbocycles. The molecule has 0 aliphatic heterocycles. The van der Waals surface area contributed by atoms with Gasteiger partial charge in [-0.1, -0.05) is 0 Å². The molecule has 18 heavy (non-hydrogen) atoms. The van der Waals surface area contributed by atoms with Crippen molar-refractivity contribution < 1.29 is 4.74 Å². The molecule has 1 aromatic carbocycles. The van der Waals surface area contributed by atoms with Gasteiger partial charge in [-0.2, -0.15) is 0 Å². The van der Waals surface area contributed by atoms with Gasteiger partial charge in [-0.15, -0.1) is 0 Å². The third-order valence-corrected chi connectivity index (χ3v) is 2.78. The van der Waals surface area contributed by atoms with Crippen LogP contribution in [0, 0.1) is 0 Å². The monoisotopic (exact) mass is 246 g/mol. The van der Waals surface area contributed by atoms with Crippen LogP contribution in [0.25, 0.3) is 10.9 Å². The number of hydrogen-bond donors (Lipinski definition) is 1. The summed E-state index contributed by atoms with van der Waals surface area (Å²) in [4.78, 5) is 10.6. The SMILES string of the molecule is CCOCCN(C)c1ncnc2ccc(N)cc12. The van der Waals surface area contributed by atoms with Crippen molar-refractivity contribution in [2.75, 3.05) is 37.4 Å². The molecule has 0 spiro atoms. The smallest absolute Gasteiger partial charge is 0.139 e. The average Bonchev–Trinajstić information content (AvgIpc) is 2.38. The van der Waals surface area contributed by atoms with Gasteiger partial charge in [-0.05, 0) is 25.1 Å². The Balaban J connectivity index is 2.29. The zero-order valence-corrected chi connectivity index (χ0v) is 10.8. The van der Waals surface area contributed by atoms with E-state index in [0.717, 1.165) is 35.6 Å². The van der Waals surface area contributed by atoms with Gasteiger partial charge < -0.3 is 15.4 Å². The molecule has 2 rings (SSSR count). The molecule has 5 nitrogen and oxygen atoms in total. The second kappa shape index (κ2) is 5.64. The Morgan fingerprint density at radius 3 is 2.94 bits per heavy atom. The fraction of sp³-hybridized carbons (Fsp3) is 0.385. The number of rotatable bonds is 5. The standard InChI is InChI=1S/C13H18N4O/c1-3-18-7-6-17(2)13-11-8-10(14)4-5-12(11)15-9-16-13/h4-5,8-9H,3,6-7,14H2,1-2H3. The van der Waals surface area contributed by atoms with Gasteiger partial charge >= 0.3 is 0 Å². The van der Waals surface area contributed by atoms with Crippen molar-refractivity contribution in [2.45, 2.75) is 6.92 Å². The summed E-state index contributed by atoms with van der Waals surface area (Å²) in [5.74, 6) is 0.881. The van der Waals surface area contributed by atoms with Gasteiger partial charge in [-0.25, -0.2) is 9.97 Å². The fourth-order valence-electron chi connectivity index (χ4n) is 1.82. The molecule has 0 atom stereocenters. The van der Waals surface area contributed by atoms with Crippen molar-refractivity contribution >= 4 is 22.4 Å². The molecule has 2 aromatic rings. The van der Waals surface area contributed by atoms with Gasteiger partial charge in [0.25, 0.3) is 0 Å². The van der Waals surface area contributed by atoms with E-state index in [1.54, 1.807) is 6.33 Å². The van der Waals surface area contributed by atoms with E-state index in [2.05, 4.69) is 14.9 Å². The summed E-state index contributed by atoms with van der Waals surface area (Å²) >= 11 is 0. The highest BCUT2D eigenvalue weighted by molar-refractivity contribution is 5.91. The Morgan fingerprint density at radius 2 is 2.17 bits per heavy atom. The highest BCUT2D eigenvalue weighted by Crippen LogP contribution is 2.23. The molecule has 2 N–H and O–H groups in total. The predicted octanol–water partition coefficient (Wildman–Crippen LogP) is 1.68. The van der Waals surface area contributed by atoms with Crippen LogP contribution in [0.3, 0.4) is 0 Å². The first-order valence-electron chi connectivity index (χ1n) is 6.01. The van der Waals surface area contributed by atoms with E-state index in [1.807, 2.05) is 32.2 Å². The first-order valence-corrected chi connectivity index (χ1v) is 6.01. The van der Waals surface area contributed by atoms with Crippen LogP contribution in [0.1, 0.15) is 6.92 Å². The van der Waals surface area contributed by atoms with E-state index in [9.17, 15) is 0 Å². The molecule has 0 aliphatic rings. The number of anilines is 2. The van der Waals surface area contributed by atoms with Crippen LogP contribution in [-0.2, 0) is 4.74 Å². The number of nitrogen functional groups attached to an aromatic ring is 1. The first kappa shape index (κ1) is 12.6. The van der Waals surface area contributed by atoms with Crippen LogP contribution < -0.4 is 10.6 Å². The van der Waals surface area contributed by atoms with Gasteiger partial charge in [0.05, 0.1) is 12.1 Å². The number of likely N-dealkylation sites (N-methyl/N-ethyl adjacent to an activating group) is 1. The van der Waals surface area contributed by atoms with Crippen LogP contribution >= 0.6 is 0 Å². The molecule has 1 aromatic heterocycles. The lowest BCUT2D eigenvalue weighted by molar-refractivity contribution is 0.154. The number of ether oxygens (including phenoxy) is 1. The lowest BCUT2D eigenvalue weighted by Gasteiger charge is -2.19. The Bertz CT molecular complexity index is 529. The maximum absolute atomic E-state index is 5.82. The largest absolute Gasteiger partial charge is 0.399 e. The summed E-state index contributed by atoms with van der Waals surface area (Å²) in [6, 6.07) is 5.66. The number of aromatic nitrogens is 2. The van der Waals surface area contributed by atoms with Gasteiger partial charge in [-0.3, -0.25) is 0 Å². The van der Waals surface area contributed by atoms with Gasteiger partial charge in [0, 0.05) is 31.3 Å².